The molecular weight excluding hydrogens is 426 g/mol. The average Bonchev–Trinajstić information content (AvgIpc) is 3.57. The Kier molecular flexibility index (Phi) is 8.01. The molecule has 0 spiro atoms. The summed E-state index contributed by atoms with van der Waals surface area (Å²) in [5.41, 5.74) is 3.61. The van der Waals surface area contributed by atoms with Crippen molar-refractivity contribution in [3.8, 4) is 0 Å². The van der Waals surface area contributed by atoms with Gasteiger partial charge in [-0.05, 0) is 62.1 Å². The van der Waals surface area contributed by atoms with Gasteiger partial charge < -0.3 is 4.74 Å². The van der Waals surface area contributed by atoms with Crippen LogP contribution in [0.4, 0.5) is 0 Å². The smallest absolute Gasteiger partial charge is 0.269 e. The summed E-state index contributed by atoms with van der Waals surface area (Å²) in [6.07, 6.45) is 12.0. The number of aliphatic imine (C=N–C) groups is 1. The number of amides is 2. The molecule has 1 aromatic rings. The SMILES string of the molecule is C/C=C\CCCC(N(NC(=O)c1ccc(CC)cc1)C(=O)[C@]12CC1C=CN=C2OC)C(C)(C)C. The highest BCUT2D eigenvalue weighted by atomic mass is 16.5. The van der Waals surface area contributed by atoms with E-state index in [4.69, 9.17) is 4.74 Å². The van der Waals surface area contributed by atoms with E-state index in [0.29, 0.717) is 17.9 Å². The fourth-order valence-electron chi connectivity index (χ4n) is 4.76. The van der Waals surface area contributed by atoms with Crippen molar-refractivity contribution in [2.24, 2.45) is 21.7 Å². The first-order valence-electron chi connectivity index (χ1n) is 12.3. The lowest BCUT2D eigenvalue weighted by molar-refractivity contribution is -0.144. The van der Waals surface area contributed by atoms with E-state index < -0.39 is 5.41 Å². The van der Waals surface area contributed by atoms with Gasteiger partial charge in [-0.2, -0.15) is 0 Å². The van der Waals surface area contributed by atoms with Crippen molar-refractivity contribution < 1.29 is 14.3 Å². The van der Waals surface area contributed by atoms with Crippen molar-refractivity contribution in [2.75, 3.05) is 7.11 Å². The van der Waals surface area contributed by atoms with Crippen LogP contribution in [-0.4, -0.2) is 35.9 Å². The first kappa shape index (κ1) is 25.7. The molecule has 1 aliphatic carbocycles. The molecule has 3 atom stereocenters. The van der Waals surface area contributed by atoms with Crippen LogP contribution in [0.1, 0.15) is 76.2 Å². The molecule has 2 amide bonds. The van der Waals surface area contributed by atoms with Crippen molar-refractivity contribution in [3.63, 3.8) is 0 Å². The second kappa shape index (κ2) is 10.6. The zero-order valence-electron chi connectivity index (χ0n) is 21.4. The summed E-state index contributed by atoms with van der Waals surface area (Å²) < 4.78 is 5.54. The summed E-state index contributed by atoms with van der Waals surface area (Å²) in [5, 5.41) is 1.60. The zero-order chi connectivity index (χ0) is 24.9. The normalized spacial score (nSPS) is 22.1. The number of hydrogen-bond donors (Lipinski definition) is 1. The average molecular weight is 466 g/mol. The number of nitrogens with zero attached hydrogens (tertiary/aromatic N) is 2. The molecule has 6 heteroatoms. The number of unbranched alkanes of at least 4 members (excludes halogenated alkanes) is 1. The molecule has 3 rings (SSSR count). The Morgan fingerprint density at radius 2 is 2.00 bits per heavy atom. The first-order chi connectivity index (χ1) is 16.2. The Labute approximate surface area is 204 Å². The van der Waals surface area contributed by atoms with Gasteiger partial charge in [0.2, 0.25) is 5.90 Å². The van der Waals surface area contributed by atoms with Crippen LogP contribution in [0.3, 0.4) is 0 Å². The second-order valence-corrected chi connectivity index (χ2v) is 10.3. The van der Waals surface area contributed by atoms with Crippen molar-refractivity contribution in [2.45, 2.75) is 72.8 Å². The summed E-state index contributed by atoms with van der Waals surface area (Å²) in [6, 6.07) is 7.36. The minimum atomic E-state index is -0.838. The van der Waals surface area contributed by atoms with Gasteiger partial charge >= 0.3 is 0 Å². The number of ether oxygens (including phenoxy) is 1. The molecule has 0 radical (unpaired) electrons. The van der Waals surface area contributed by atoms with Crippen LogP contribution in [0.15, 0.2) is 53.7 Å². The van der Waals surface area contributed by atoms with Crippen LogP contribution in [0.2, 0.25) is 0 Å². The van der Waals surface area contributed by atoms with E-state index in [1.54, 1.807) is 18.3 Å². The molecule has 1 aliphatic heterocycles. The van der Waals surface area contributed by atoms with E-state index in [2.05, 4.69) is 44.2 Å². The van der Waals surface area contributed by atoms with E-state index in [-0.39, 0.29) is 29.2 Å². The Bertz CT molecular complexity index is 972. The fourth-order valence-corrected chi connectivity index (χ4v) is 4.76. The number of carbonyl (C=O) groups excluding carboxylic acids is 2. The van der Waals surface area contributed by atoms with E-state index in [1.807, 2.05) is 43.3 Å². The van der Waals surface area contributed by atoms with Gasteiger partial charge in [-0.15, -0.1) is 0 Å². The molecule has 0 saturated heterocycles. The van der Waals surface area contributed by atoms with E-state index in [1.165, 1.54) is 0 Å². The molecule has 1 N–H and O–H groups in total. The predicted octanol–water partition coefficient (Wildman–Crippen LogP) is 5.46. The lowest BCUT2D eigenvalue weighted by Crippen LogP contribution is -2.59. The number of fused-ring (bicyclic) bond motifs is 1. The lowest BCUT2D eigenvalue weighted by atomic mass is 9.82. The maximum atomic E-state index is 14.2. The van der Waals surface area contributed by atoms with Gasteiger partial charge in [0.15, 0.2) is 0 Å². The number of rotatable bonds is 8. The van der Waals surface area contributed by atoms with E-state index in [9.17, 15) is 9.59 Å². The molecule has 184 valence electrons. The Balaban J connectivity index is 1.94. The van der Waals surface area contributed by atoms with Crippen LogP contribution in [0, 0.1) is 16.7 Å². The Morgan fingerprint density at radius 3 is 2.59 bits per heavy atom. The van der Waals surface area contributed by atoms with Crippen molar-refractivity contribution >= 4 is 17.7 Å². The van der Waals surface area contributed by atoms with Crippen LogP contribution in [0.25, 0.3) is 0 Å². The number of hydrazine groups is 1. The summed E-state index contributed by atoms with van der Waals surface area (Å²) in [6.45, 7) is 10.4. The minimum absolute atomic E-state index is 0.0410. The molecule has 1 saturated carbocycles. The van der Waals surface area contributed by atoms with Gasteiger partial charge in [0.1, 0.15) is 5.41 Å². The molecular formula is C28H39N3O3. The third kappa shape index (κ3) is 5.26. The lowest BCUT2D eigenvalue weighted by Gasteiger charge is -2.42. The summed E-state index contributed by atoms with van der Waals surface area (Å²) >= 11 is 0. The minimum Gasteiger partial charge on any atom is -0.483 e. The topological polar surface area (TPSA) is 71.0 Å². The van der Waals surface area contributed by atoms with Gasteiger partial charge in [-0.1, -0.05) is 58.1 Å². The van der Waals surface area contributed by atoms with Gasteiger partial charge in [-0.3, -0.25) is 15.0 Å². The maximum absolute atomic E-state index is 14.2. The highest BCUT2D eigenvalue weighted by Gasteiger charge is 2.67. The van der Waals surface area contributed by atoms with Crippen LogP contribution in [0.5, 0.6) is 0 Å². The van der Waals surface area contributed by atoms with Crippen LogP contribution < -0.4 is 5.43 Å². The molecule has 1 fully saturated rings. The zero-order valence-corrected chi connectivity index (χ0v) is 21.4. The van der Waals surface area contributed by atoms with Gasteiger partial charge in [-0.25, -0.2) is 10.0 Å². The van der Waals surface area contributed by atoms with Crippen molar-refractivity contribution in [1.82, 2.24) is 10.4 Å². The Hall–Kier alpha value is -2.89. The molecule has 2 aliphatic rings. The number of methoxy groups -OCH3 is 1. The monoisotopic (exact) mass is 465 g/mol. The second-order valence-electron chi connectivity index (χ2n) is 10.3. The molecule has 1 heterocycles. The van der Waals surface area contributed by atoms with Gasteiger partial charge in [0, 0.05) is 17.7 Å². The number of benzene rings is 1. The molecule has 1 aromatic carbocycles. The Morgan fingerprint density at radius 1 is 1.29 bits per heavy atom. The standard InChI is InChI=1S/C28H39N3O3/c1-7-9-10-11-12-23(27(3,4)5)31(30-24(32)21-15-13-20(8-2)14-16-21)26(33)28-19-22(28)17-18-29-25(28)34-6/h7,9,13-18,22-23H,8,10-12,19H2,1-6H3,(H,30,32)/b9-7-/t22?,23?,28-/m1/s1. The number of allylic oxidation sites excluding steroid dienone is 3. The van der Waals surface area contributed by atoms with Crippen LogP contribution >= 0.6 is 0 Å². The number of carbonyl (C=O) groups is 2. The van der Waals surface area contributed by atoms with Gasteiger partial charge in [0.05, 0.1) is 13.2 Å². The molecule has 2 unspecified atom stereocenters. The molecule has 6 nitrogen and oxygen atoms in total. The number of aryl methyl sites for hydroxylation is 1. The van der Waals surface area contributed by atoms with Gasteiger partial charge in [0.25, 0.3) is 11.8 Å². The summed E-state index contributed by atoms with van der Waals surface area (Å²) in [7, 11) is 1.55. The first-order valence-corrected chi connectivity index (χ1v) is 12.3. The largest absolute Gasteiger partial charge is 0.483 e. The molecule has 0 bridgehead atoms. The fraction of sp³-hybridized carbons (Fsp3) is 0.536. The maximum Gasteiger partial charge on any atom is 0.269 e. The highest BCUT2D eigenvalue weighted by molar-refractivity contribution is 6.10. The molecule has 34 heavy (non-hydrogen) atoms. The third-order valence-electron chi connectivity index (χ3n) is 6.94. The van der Waals surface area contributed by atoms with E-state index >= 15 is 0 Å². The van der Waals surface area contributed by atoms with Crippen molar-refractivity contribution in [3.05, 3.63) is 59.8 Å². The quantitative estimate of drug-likeness (QED) is 0.315. The molecule has 0 aromatic heterocycles. The third-order valence-corrected chi connectivity index (χ3v) is 6.94. The van der Waals surface area contributed by atoms with E-state index in [0.717, 1.165) is 31.2 Å². The summed E-state index contributed by atoms with van der Waals surface area (Å²) in [4.78, 5) is 31.9. The number of hydrogen-bond acceptors (Lipinski definition) is 4. The summed E-state index contributed by atoms with van der Waals surface area (Å²) in [5.74, 6) is 0.0407. The van der Waals surface area contributed by atoms with Crippen LogP contribution in [-0.2, 0) is 16.0 Å². The highest BCUT2D eigenvalue weighted by Crippen LogP contribution is 2.58. The number of nitrogens with one attached hydrogen (secondary N) is 1. The van der Waals surface area contributed by atoms with Crippen molar-refractivity contribution in [1.29, 1.82) is 0 Å². The predicted molar refractivity (Wildman–Crippen MR) is 136 cm³/mol.